The summed E-state index contributed by atoms with van der Waals surface area (Å²) in [6, 6.07) is 10.1. The van der Waals surface area contributed by atoms with Gasteiger partial charge >= 0.3 is 6.09 Å². The molecule has 0 fully saturated rings. The third kappa shape index (κ3) is 2.70. The summed E-state index contributed by atoms with van der Waals surface area (Å²) >= 11 is 0. The number of hydrogen-bond acceptors (Lipinski definition) is 3. The van der Waals surface area contributed by atoms with E-state index in [9.17, 15) is 9.90 Å². The highest BCUT2D eigenvalue weighted by molar-refractivity contribution is 5.66. The molecule has 0 aliphatic carbocycles. The van der Waals surface area contributed by atoms with E-state index in [1.165, 1.54) is 0 Å². The van der Waals surface area contributed by atoms with Gasteiger partial charge in [0, 0.05) is 5.56 Å². The lowest BCUT2D eigenvalue weighted by molar-refractivity contribution is 0.177. The number of amides is 1. The first-order valence-electron chi connectivity index (χ1n) is 5.45. The minimum atomic E-state index is -1.17. The van der Waals surface area contributed by atoms with Crippen LogP contribution < -0.4 is 5.32 Å². The van der Waals surface area contributed by atoms with Crippen molar-refractivity contribution in [2.75, 3.05) is 6.61 Å². The quantitative estimate of drug-likeness (QED) is 0.773. The topological polar surface area (TPSA) is 82.7 Å². The molecular formula is C13H13NO4. The molecule has 3 N–H and O–H groups in total. The summed E-state index contributed by atoms with van der Waals surface area (Å²) in [4.78, 5) is 10.6. The molecule has 18 heavy (non-hydrogen) atoms. The molecule has 1 aromatic carbocycles. The number of carbonyl (C=O) groups is 1. The van der Waals surface area contributed by atoms with Crippen LogP contribution in [0.5, 0.6) is 0 Å². The second-order valence-electron chi connectivity index (χ2n) is 3.79. The maximum Gasteiger partial charge on any atom is 0.405 e. The first-order valence-corrected chi connectivity index (χ1v) is 5.45. The van der Waals surface area contributed by atoms with Crippen LogP contribution in [0.15, 0.2) is 47.1 Å². The summed E-state index contributed by atoms with van der Waals surface area (Å²) in [5.41, 5.74) is 1.52. The van der Waals surface area contributed by atoms with Crippen molar-refractivity contribution in [3.8, 4) is 11.3 Å². The molecular weight excluding hydrogens is 234 g/mol. The maximum atomic E-state index is 10.6. The molecule has 1 aromatic heterocycles. The lowest BCUT2D eigenvalue weighted by Gasteiger charge is -2.15. The molecule has 94 valence electrons. The van der Waals surface area contributed by atoms with Crippen LogP contribution in [0.3, 0.4) is 0 Å². The number of nitrogens with one attached hydrogen (secondary N) is 1. The second-order valence-corrected chi connectivity index (χ2v) is 3.79. The molecule has 0 radical (unpaired) electrons. The standard InChI is InChI=1S/C13H13NO4/c15-8-11(14-13(16)17)9-3-1-4-10(7-9)12-5-2-6-18-12/h1-7,11,14-15H,8H2,(H,16,17). The van der Waals surface area contributed by atoms with Crippen molar-refractivity contribution in [1.82, 2.24) is 5.32 Å². The summed E-state index contributed by atoms with van der Waals surface area (Å²) in [7, 11) is 0. The van der Waals surface area contributed by atoms with Crippen LogP contribution in [0.2, 0.25) is 0 Å². The van der Waals surface area contributed by atoms with Gasteiger partial charge in [-0.05, 0) is 23.8 Å². The molecule has 0 saturated heterocycles. The average molecular weight is 247 g/mol. The van der Waals surface area contributed by atoms with Gasteiger partial charge in [-0.15, -0.1) is 0 Å². The van der Waals surface area contributed by atoms with Crippen molar-refractivity contribution < 1.29 is 19.4 Å². The first kappa shape index (κ1) is 12.2. The normalized spacial score (nSPS) is 12.1. The van der Waals surface area contributed by atoms with Crippen LogP contribution in [-0.2, 0) is 0 Å². The Labute approximate surface area is 104 Å². The Balaban J connectivity index is 2.28. The lowest BCUT2D eigenvalue weighted by atomic mass is 10.0. The fourth-order valence-electron chi connectivity index (χ4n) is 1.73. The molecule has 1 amide bonds. The Morgan fingerprint density at radius 3 is 2.78 bits per heavy atom. The monoisotopic (exact) mass is 247 g/mol. The molecule has 1 unspecified atom stereocenters. The van der Waals surface area contributed by atoms with Crippen molar-refractivity contribution in [3.63, 3.8) is 0 Å². The van der Waals surface area contributed by atoms with Gasteiger partial charge in [-0.3, -0.25) is 0 Å². The molecule has 0 spiro atoms. The van der Waals surface area contributed by atoms with Crippen LogP contribution >= 0.6 is 0 Å². The zero-order valence-corrected chi connectivity index (χ0v) is 9.54. The van der Waals surface area contributed by atoms with Crippen molar-refractivity contribution in [2.45, 2.75) is 6.04 Å². The Hall–Kier alpha value is -2.27. The summed E-state index contributed by atoms with van der Waals surface area (Å²) in [6.45, 7) is -0.298. The Morgan fingerprint density at radius 1 is 1.33 bits per heavy atom. The minimum absolute atomic E-state index is 0.298. The smallest absolute Gasteiger partial charge is 0.405 e. The largest absolute Gasteiger partial charge is 0.465 e. The van der Waals surface area contributed by atoms with Gasteiger partial charge in [0.1, 0.15) is 5.76 Å². The zero-order chi connectivity index (χ0) is 13.0. The Bertz CT molecular complexity index is 522. The van der Waals surface area contributed by atoms with E-state index in [1.807, 2.05) is 12.1 Å². The van der Waals surface area contributed by atoms with E-state index in [0.29, 0.717) is 11.3 Å². The van der Waals surface area contributed by atoms with E-state index in [2.05, 4.69) is 5.32 Å². The molecule has 2 rings (SSSR count). The van der Waals surface area contributed by atoms with E-state index in [1.54, 1.807) is 30.5 Å². The first-order chi connectivity index (χ1) is 8.70. The number of carboxylic acid groups (broad SMARTS) is 1. The highest BCUT2D eigenvalue weighted by atomic mass is 16.4. The van der Waals surface area contributed by atoms with Crippen molar-refractivity contribution in [1.29, 1.82) is 0 Å². The fraction of sp³-hybridized carbons (Fsp3) is 0.154. The minimum Gasteiger partial charge on any atom is -0.465 e. The predicted molar refractivity (Wildman–Crippen MR) is 65.1 cm³/mol. The van der Waals surface area contributed by atoms with Crippen molar-refractivity contribution in [2.24, 2.45) is 0 Å². The number of hydrogen-bond donors (Lipinski definition) is 3. The molecule has 5 nitrogen and oxygen atoms in total. The van der Waals surface area contributed by atoms with Gasteiger partial charge in [0.2, 0.25) is 0 Å². The average Bonchev–Trinajstić information content (AvgIpc) is 2.89. The third-order valence-electron chi connectivity index (χ3n) is 2.57. The van der Waals surface area contributed by atoms with Gasteiger partial charge in [0.25, 0.3) is 0 Å². The maximum absolute atomic E-state index is 10.6. The van der Waals surface area contributed by atoms with Crippen LogP contribution in [0.4, 0.5) is 4.79 Å². The van der Waals surface area contributed by atoms with E-state index in [0.717, 1.165) is 5.56 Å². The highest BCUT2D eigenvalue weighted by Gasteiger charge is 2.13. The van der Waals surface area contributed by atoms with E-state index >= 15 is 0 Å². The zero-order valence-electron chi connectivity index (χ0n) is 9.54. The van der Waals surface area contributed by atoms with Gasteiger partial charge in [-0.1, -0.05) is 18.2 Å². The lowest BCUT2D eigenvalue weighted by Crippen LogP contribution is -2.29. The van der Waals surface area contributed by atoms with Gasteiger partial charge in [0.15, 0.2) is 0 Å². The SMILES string of the molecule is O=C(O)NC(CO)c1cccc(-c2ccco2)c1. The van der Waals surface area contributed by atoms with Gasteiger partial charge in [-0.25, -0.2) is 4.79 Å². The molecule has 0 aliphatic heterocycles. The summed E-state index contributed by atoms with van der Waals surface area (Å²) in [6.07, 6.45) is 0.401. The van der Waals surface area contributed by atoms with Crippen LogP contribution in [-0.4, -0.2) is 22.9 Å². The molecule has 0 saturated carbocycles. The van der Waals surface area contributed by atoms with E-state index < -0.39 is 12.1 Å². The van der Waals surface area contributed by atoms with Gasteiger partial charge < -0.3 is 19.9 Å². The molecule has 1 atom stereocenters. The van der Waals surface area contributed by atoms with Gasteiger partial charge in [0.05, 0.1) is 18.9 Å². The molecule has 0 aliphatic rings. The number of aliphatic hydroxyl groups is 1. The highest BCUT2D eigenvalue weighted by Crippen LogP contribution is 2.23. The predicted octanol–water partition coefficient (Wildman–Crippen LogP) is 2.25. The van der Waals surface area contributed by atoms with E-state index in [-0.39, 0.29) is 6.61 Å². The van der Waals surface area contributed by atoms with Crippen LogP contribution in [0, 0.1) is 0 Å². The van der Waals surface area contributed by atoms with Crippen molar-refractivity contribution >= 4 is 6.09 Å². The van der Waals surface area contributed by atoms with Gasteiger partial charge in [-0.2, -0.15) is 0 Å². The molecule has 5 heteroatoms. The number of furan rings is 1. The van der Waals surface area contributed by atoms with Crippen LogP contribution in [0.1, 0.15) is 11.6 Å². The van der Waals surface area contributed by atoms with Crippen LogP contribution in [0.25, 0.3) is 11.3 Å². The molecule has 2 aromatic rings. The van der Waals surface area contributed by atoms with E-state index in [4.69, 9.17) is 9.52 Å². The second kappa shape index (κ2) is 5.37. The summed E-state index contributed by atoms with van der Waals surface area (Å²) in [5.74, 6) is 0.698. The third-order valence-corrected chi connectivity index (χ3v) is 2.57. The number of rotatable bonds is 4. The Morgan fingerprint density at radius 2 is 2.17 bits per heavy atom. The fourth-order valence-corrected chi connectivity index (χ4v) is 1.73. The molecule has 0 bridgehead atoms. The van der Waals surface area contributed by atoms with Crippen molar-refractivity contribution in [3.05, 3.63) is 48.2 Å². The summed E-state index contributed by atoms with van der Waals surface area (Å²) < 4.78 is 5.27. The number of aliphatic hydroxyl groups excluding tert-OH is 1. The summed E-state index contributed by atoms with van der Waals surface area (Å²) in [5, 5.41) is 20.1. The Kier molecular flexibility index (Phi) is 3.64. The number of benzene rings is 1. The molecule has 1 heterocycles.